The normalized spacial score (nSPS) is 27.2. The highest BCUT2D eigenvalue weighted by atomic mass is 16.5. The third-order valence-corrected chi connectivity index (χ3v) is 4.15. The first-order valence-corrected chi connectivity index (χ1v) is 7.28. The number of benzene rings is 1. The Balaban J connectivity index is 1.72. The Morgan fingerprint density at radius 2 is 1.95 bits per heavy atom. The van der Waals surface area contributed by atoms with Crippen molar-refractivity contribution in [3.05, 3.63) is 30.3 Å². The second-order valence-electron chi connectivity index (χ2n) is 5.71. The molecule has 2 N–H and O–H groups in total. The summed E-state index contributed by atoms with van der Waals surface area (Å²) in [7, 11) is 0. The molecule has 0 unspecified atom stereocenters. The van der Waals surface area contributed by atoms with Crippen molar-refractivity contribution in [2.45, 2.75) is 38.1 Å². The minimum Gasteiger partial charge on any atom is -0.492 e. The van der Waals surface area contributed by atoms with Crippen LogP contribution in [0.25, 0.3) is 0 Å². The first-order valence-electron chi connectivity index (χ1n) is 7.28. The Labute approximate surface area is 116 Å². The maximum Gasteiger partial charge on any atom is 0.119 e. The molecule has 0 amide bonds. The van der Waals surface area contributed by atoms with Gasteiger partial charge in [0.25, 0.3) is 0 Å². The standard InChI is InChI=1S/C16H25NO2/c1-14-7-9-16(13-18,10-8-14)17-11-12-19-15-5-3-2-4-6-15/h2-6,14,17-18H,7-13H2,1H3. The van der Waals surface area contributed by atoms with Crippen LogP contribution >= 0.6 is 0 Å². The van der Waals surface area contributed by atoms with Crippen molar-refractivity contribution in [3.63, 3.8) is 0 Å². The van der Waals surface area contributed by atoms with Crippen LogP contribution in [0.3, 0.4) is 0 Å². The largest absolute Gasteiger partial charge is 0.492 e. The van der Waals surface area contributed by atoms with E-state index in [0.717, 1.165) is 31.1 Å². The van der Waals surface area contributed by atoms with Crippen molar-refractivity contribution < 1.29 is 9.84 Å². The van der Waals surface area contributed by atoms with E-state index < -0.39 is 0 Å². The smallest absolute Gasteiger partial charge is 0.119 e. The van der Waals surface area contributed by atoms with Crippen LogP contribution in [0.5, 0.6) is 5.75 Å². The van der Waals surface area contributed by atoms with E-state index in [1.807, 2.05) is 30.3 Å². The first kappa shape index (κ1) is 14.4. The van der Waals surface area contributed by atoms with Gasteiger partial charge in [0.1, 0.15) is 12.4 Å². The molecule has 3 heteroatoms. The van der Waals surface area contributed by atoms with Gasteiger partial charge in [-0.1, -0.05) is 25.1 Å². The third kappa shape index (κ3) is 4.22. The van der Waals surface area contributed by atoms with E-state index >= 15 is 0 Å². The van der Waals surface area contributed by atoms with Crippen molar-refractivity contribution in [1.82, 2.24) is 5.32 Å². The molecule has 1 aliphatic carbocycles. The predicted molar refractivity (Wildman–Crippen MR) is 77.4 cm³/mol. The molecule has 0 aromatic heterocycles. The van der Waals surface area contributed by atoms with Gasteiger partial charge in [-0.15, -0.1) is 0 Å². The van der Waals surface area contributed by atoms with Crippen LogP contribution in [0.1, 0.15) is 32.6 Å². The first-order chi connectivity index (χ1) is 9.24. The van der Waals surface area contributed by atoms with E-state index in [-0.39, 0.29) is 12.1 Å². The molecule has 0 bridgehead atoms. The number of hydrogen-bond donors (Lipinski definition) is 2. The van der Waals surface area contributed by atoms with Crippen molar-refractivity contribution in [2.24, 2.45) is 5.92 Å². The molecule has 1 saturated carbocycles. The van der Waals surface area contributed by atoms with Crippen LogP contribution in [0.2, 0.25) is 0 Å². The molecule has 106 valence electrons. The lowest BCUT2D eigenvalue weighted by atomic mass is 9.77. The average molecular weight is 263 g/mol. The zero-order valence-electron chi connectivity index (χ0n) is 11.8. The van der Waals surface area contributed by atoms with E-state index in [4.69, 9.17) is 4.74 Å². The molecule has 1 aliphatic rings. The zero-order valence-corrected chi connectivity index (χ0v) is 11.8. The van der Waals surface area contributed by atoms with Gasteiger partial charge in [0.15, 0.2) is 0 Å². The van der Waals surface area contributed by atoms with Gasteiger partial charge >= 0.3 is 0 Å². The molecule has 0 aliphatic heterocycles. The Bertz CT molecular complexity index is 358. The van der Waals surface area contributed by atoms with Crippen LogP contribution < -0.4 is 10.1 Å². The minimum atomic E-state index is -0.0768. The topological polar surface area (TPSA) is 41.5 Å². The molecule has 0 saturated heterocycles. The van der Waals surface area contributed by atoms with E-state index in [1.54, 1.807) is 0 Å². The lowest BCUT2D eigenvalue weighted by molar-refractivity contribution is 0.101. The molecule has 1 fully saturated rings. The fourth-order valence-corrected chi connectivity index (χ4v) is 2.71. The molecule has 1 aromatic carbocycles. The van der Waals surface area contributed by atoms with E-state index in [0.29, 0.717) is 6.61 Å². The number of hydrogen-bond acceptors (Lipinski definition) is 3. The monoisotopic (exact) mass is 263 g/mol. The lowest BCUT2D eigenvalue weighted by Crippen LogP contribution is -2.51. The van der Waals surface area contributed by atoms with Gasteiger partial charge in [-0.3, -0.25) is 0 Å². The summed E-state index contributed by atoms with van der Waals surface area (Å²) in [5.74, 6) is 1.70. The Morgan fingerprint density at radius 3 is 2.58 bits per heavy atom. The Morgan fingerprint density at radius 1 is 1.26 bits per heavy atom. The van der Waals surface area contributed by atoms with Gasteiger partial charge < -0.3 is 15.2 Å². The summed E-state index contributed by atoms with van der Waals surface area (Å²) in [6.45, 7) is 3.94. The van der Waals surface area contributed by atoms with Gasteiger partial charge in [-0.2, -0.15) is 0 Å². The van der Waals surface area contributed by atoms with Crippen LogP contribution in [-0.2, 0) is 0 Å². The highest BCUT2D eigenvalue weighted by Crippen LogP contribution is 2.31. The second kappa shape index (κ2) is 6.92. The molecule has 0 atom stereocenters. The molecule has 0 spiro atoms. The Kier molecular flexibility index (Phi) is 5.23. The highest BCUT2D eigenvalue weighted by molar-refractivity contribution is 5.20. The number of aliphatic hydroxyl groups excluding tert-OH is 1. The van der Waals surface area contributed by atoms with E-state index in [9.17, 15) is 5.11 Å². The summed E-state index contributed by atoms with van der Waals surface area (Å²) in [5.41, 5.74) is -0.0768. The van der Waals surface area contributed by atoms with Crippen LogP contribution in [0.4, 0.5) is 0 Å². The van der Waals surface area contributed by atoms with Crippen molar-refractivity contribution in [2.75, 3.05) is 19.8 Å². The number of rotatable bonds is 6. The number of ether oxygens (including phenoxy) is 1. The molecular formula is C16H25NO2. The quantitative estimate of drug-likeness (QED) is 0.775. The maximum absolute atomic E-state index is 9.64. The van der Waals surface area contributed by atoms with Crippen LogP contribution in [-0.4, -0.2) is 30.4 Å². The molecule has 1 aromatic rings. The third-order valence-electron chi connectivity index (χ3n) is 4.15. The summed E-state index contributed by atoms with van der Waals surface area (Å²) in [4.78, 5) is 0. The summed E-state index contributed by atoms with van der Waals surface area (Å²) in [5, 5.41) is 13.1. The van der Waals surface area contributed by atoms with Gasteiger partial charge in [-0.05, 0) is 43.7 Å². The van der Waals surface area contributed by atoms with E-state index in [1.165, 1.54) is 12.8 Å². The summed E-state index contributed by atoms with van der Waals surface area (Å²) >= 11 is 0. The molecular weight excluding hydrogens is 238 g/mol. The minimum absolute atomic E-state index is 0.0768. The molecule has 2 rings (SSSR count). The predicted octanol–water partition coefficient (Wildman–Crippen LogP) is 2.60. The SMILES string of the molecule is CC1CCC(CO)(NCCOc2ccccc2)CC1. The van der Waals surface area contributed by atoms with Crippen molar-refractivity contribution >= 4 is 0 Å². The van der Waals surface area contributed by atoms with Crippen LogP contribution in [0.15, 0.2) is 30.3 Å². The highest BCUT2D eigenvalue weighted by Gasteiger charge is 2.32. The average Bonchev–Trinajstić information content (AvgIpc) is 2.47. The van der Waals surface area contributed by atoms with E-state index in [2.05, 4.69) is 12.2 Å². The van der Waals surface area contributed by atoms with Crippen LogP contribution in [0, 0.1) is 5.92 Å². The van der Waals surface area contributed by atoms with Crippen molar-refractivity contribution in [3.8, 4) is 5.75 Å². The zero-order chi connectivity index (χ0) is 13.6. The fourth-order valence-electron chi connectivity index (χ4n) is 2.71. The number of para-hydroxylation sites is 1. The second-order valence-corrected chi connectivity index (χ2v) is 5.71. The maximum atomic E-state index is 9.64. The summed E-state index contributed by atoms with van der Waals surface area (Å²) in [6, 6.07) is 9.85. The fraction of sp³-hybridized carbons (Fsp3) is 0.625. The molecule has 0 radical (unpaired) electrons. The number of nitrogens with one attached hydrogen (secondary N) is 1. The lowest BCUT2D eigenvalue weighted by Gasteiger charge is -2.39. The summed E-state index contributed by atoms with van der Waals surface area (Å²) in [6.07, 6.45) is 4.53. The molecule has 3 nitrogen and oxygen atoms in total. The number of aliphatic hydroxyl groups is 1. The van der Waals surface area contributed by atoms with Gasteiger partial charge in [0.05, 0.1) is 6.61 Å². The molecule has 0 heterocycles. The summed E-state index contributed by atoms with van der Waals surface area (Å²) < 4.78 is 5.66. The van der Waals surface area contributed by atoms with Gasteiger partial charge in [0, 0.05) is 12.1 Å². The van der Waals surface area contributed by atoms with Crippen molar-refractivity contribution in [1.29, 1.82) is 0 Å². The van der Waals surface area contributed by atoms with Gasteiger partial charge in [0.2, 0.25) is 0 Å². The molecule has 19 heavy (non-hydrogen) atoms. The van der Waals surface area contributed by atoms with Gasteiger partial charge in [-0.25, -0.2) is 0 Å². The Hall–Kier alpha value is -1.06.